The van der Waals surface area contributed by atoms with Crippen molar-refractivity contribution in [3.8, 4) is 11.5 Å². The number of halogens is 2. The predicted octanol–water partition coefficient (Wildman–Crippen LogP) is 6.05. The van der Waals surface area contributed by atoms with Gasteiger partial charge in [0.15, 0.2) is 5.82 Å². The molecule has 13 heteroatoms. The second-order valence-corrected chi connectivity index (χ2v) is 9.43. The zero-order valence-corrected chi connectivity index (χ0v) is 23.1. The Bertz CT molecular complexity index is 1510. The number of hydrogen-bond acceptors (Lipinski definition) is 6. The van der Waals surface area contributed by atoms with E-state index in [1.165, 1.54) is 20.4 Å². The Kier molecular flexibility index (Phi) is 8.62. The number of methoxy groups -OCH3 is 2. The van der Waals surface area contributed by atoms with Crippen LogP contribution in [0.5, 0.6) is 11.5 Å². The number of aromatic nitrogens is 3. The summed E-state index contributed by atoms with van der Waals surface area (Å²) in [4.78, 5) is 29.4. The highest BCUT2D eigenvalue weighted by Gasteiger charge is 2.16. The summed E-state index contributed by atoms with van der Waals surface area (Å²) in [5.41, 5.74) is 2.21. The van der Waals surface area contributed by atoms with Crippen molar-refractivity contribution in [3.63, 3.8) is 0 Å². The number of urea groups is 2. The number of rotatable bonds is 8. The molecule has 0 fully saturated rings. The maximum absolute atomic E-state index is 12.6. The van der Waals surface area contributed by atoms with Gasteiger partial charge in [0.2, 0.25) is 0 Å². The van der Waals surface area contributed by atoms with Crippen molar-refractivity contribution in [2.75, 3.05) is 24.9 Å². The topological polar surface area (TPSA) is 142 Å². The average molecular weight is 572 g/mol. The second kappa shape index (κ2) is 12.1. The molecule has 0 aliphatic heterocycles. The number of carbonyl (C=O) groups excluding carboxylic acids is 2. The normalized spacial score (nSPS) is 12.4. The fourth-order valence-corrected chi connectivity index (χ4v) is 4.21. The van der Waals surface area contributed by atoms with Crippen LogP contribution >= 0.6 is 23.2 Å². The number of nitrogens with one attached hydrogen (secondary N) is 5. The summed E-state index contributed by atoms with van der Waals surface area (Å²) < 4.78 is 10.5. The molecule has 2 aromatic carbocycles. The zero-order valence-electron chi connectivity index (χ0n) is 21.6. The van der Waals surface area contributed by atoms with Crippen molar-refractivity contribution < 1.29 is 19.1 Å². The largest absolute Gasteiger partial charge is 0.495 e. The zero-order chi connectivity index (χ0) is 28.1. The summed E-state index contributed by atoms with van der Waals surface area (Å²) in [7, 11) is 3.05. The molecule has 0 aliphatic carbocycles. The van der Waals surface area contributed by atoms with Gasteiger partial charge in [-0.2, -0.15) is 5.10 Å². The van der Waals surface area contributed by atoms with Crippen LogP contribution in [0.15, 0.2) is 48.7 Å². The molecule has 0 saturated heterocycles. The molecule has 2 atom stereocenters. The third-order valence-electron chi connectivity index (χ3n) is 5.97. The highest BCUT2D eigenvalue weighted by molar-refractivity contribution is 6.32. The molecule has 11 nitrogen and oxygen atoms in total. The highest BCUT2D eigenvalue weighted by atomic mass is 35.5. The molecule has 4 rings (SSSR count). The van der Waals surface area contributed by atoms with Crippen molar-refractivity contribution in [3.05, 3.63) is 69.8 Å². The first kappa shape index (κ1) is 27.8. The van der Waals surface area contributed by atoms with E-state index in [4.69, 9.17) is 32.7 Å². The van der Waals surface area contributed by atoms with Gasteiger partial charge in [-0.1, -0.05) is 35.3 Å². The Morgan fingerprint density at radius 3 is 1.92 bits per heavy atom. The molecule has 0 radical (unpaired) electrons. The van der Waals surface area contributed by atoms with Gasteiger partial charge < -0.3 is 20.1 Å². The molecule has 0 bridgehead atoms. The smallest absolute Gasteiger partial charge is 0.320 e. The first-order chi connectivity index (χ1) is 18.7. The first-order valence-corrected chi connectivity index (χ1v) is 12.6. The van der Waals surface area contributed by atoms with Gasteiger partial charge in [0.05, 0.1) is 47.3 Å². The molecule has 4 aromatic rings. The van der Waals surface area contributed by atoms with Crippen molar-refractivity contribution >= 4 is 57.8 Å². The number of amides is 4. The summed E-state index contributed by atoms with van der Waals surface area (Å²) in [5, 5.41) is 19.6. The second-order valence-electron chi connectivity index (χ2n) is 8.62. The lowest BCUT2D eigenvalue weighted by atomic mass is 10.1. The number of benzene rings is 2. The van der Waals surface area contributed by atoms with Gasteiger partial charge in [0.25, 0.3) is 0 Å². The van der Waals surface area contributed by atoms with Gasteiger partial charge in [-0.15, -0.1) is 0 Å². The molecular weight excluding hydrogens is 545 g/mol. The Labute approximate surface area is 234 Å². The van der Waals surface area contributed by atoms with Gasteiger partial charge in [0.1, 0.15) is 17.3 Å². The fraction of sp³-hybridized carbons (Fsp3) is 0.231. The number of ether oxygens (including phenoxy) is 2. The minimum atomic E-state index is -0.459. The van der Waals surface area contributed by atoms with Crippen LogP contribution in [0.3, 0.4) is 0 Å². The summed E-state index contributed by atoms with van der Waals surface area (Å²) >= 11 is 12.2. The van der Waals surface area contributed by atoms with Gasteiger partial charge in [0, 0.05) is 12.3 Å². The Balaban J connectivity index is 1.36. The van der Waals surface area contributed by atoms with Crippen molar-refractivity contribution in [1.82, 2.24) is 25.8 Å². The number of hydrogen-bond donors (Lipinski definition) is 5. The SMILES string of the molecule is COc1cc([C@@H](C)NC(=O)Nc2cc3[nH]nc(NC(=O)N[C@H](C)c4ccc(Cl)c(OC)c4)c3cn2)ccc1Cl. The summed E-state index contributed by atoms with van der Waals surface area (Å²) in [6.45, 7) is 3.67. The standard InChI is InChI=1S/C26H27Cl2N7O4/c1-13(15-5-7-18(27)21(9-15)38-3)30-25(36)32-23-11-20-17(12-29-23)24(35-34-20)33-26(37)31-14(2)16-6-8-19(28)22(10-16)39-4/h5-14H,1-4H3,(H2,29,30,32,36)(H3,31,33,34,35,37)/t13-,14-/m1/s1. The summed E-state index contributed by atoms with van der Waals surface area (Å²) in [5.74, 6) is 1.63. The molecular formula is C26H27Cl2N7O4. The van der Waals surface area contributed by atoms with Crippen molar-refractivity contribution in [2.45, 2.75) is 25.9 Å². The van der Waals surface area contributed by atoms with E-state index in [2.05, 4.69) is 36.4 Å². The molecule has 0 aliphatic rings. The van der Waals surface area contributed by atoms with Crippen molar-refractivity contribution in [2.24, 2.45) is 0 Å². The van der Waals surface area contributed by atoms with Gasteiger partial charge in [-0.05, 0) is 49.2 Å². The third-order valence-corrected chi connectivity index (χ3v) is 6.59. The van der Waals surface area contributed by atoms with Crippen LogP contribution in [-0.4, -0.2) is 41.5 Å². The number of anilines is 2. The lowest BCUT2D eigenvalue weighted by Gasteiger charge is -2.16. The van der Waals surface area contributed by atoms with Crippen molar-refractivity contribution in [1.29, 1.82) is 0 Å². The van der Waals surface area contributed by atoms with E-state index >= 15 is 0 Å². The Morgan fingerprint density at radius 1 is 0.846 bits per heavy atom. The molecule has 2 heterocycles. The Morgan fingerprint density at radius 2 is 1.38 bits per heavy atom. The summed E-state index contributed by atoms with van der Waals surface area (Å²) in [6, 6.07) is 10.6. The molecule has 2 aromatic heterocycles. The van der Waals surface area contributed by atoms with E-state index in [-0.39, 0.29) is 17.9 Å². The fourth-order valence-electron chi connectivity index (χ4n) is 3.82. The number of nitrogens with zero attached hydrogens (tertiary/aromatic N) is 2. The van der Waals surface area contributed by atoms with E-state index in [1.54, 1.807) is 36.4 Å². The van der Waals surface area contributed by atoms with Crippen LogP contribution in [0.1, 0.15) is 37.1 Å². The maximum Gasteiger partial charge on any atom is 0.320 e. The number of fused-ring (bicyclic) bond motifs is 1. The molecule has 0 unspecified atom stereocenters. The van der Waals surface area contributed by atoms with Gasteiger partial charge >= 0.3 is 12.1 Å². The van der Waals surface area contributed by atoms with Crippen LogP contribution in [0.2, 0.25) is 10.0 Å². The molecule has 4 amide bonds. The monoisotopic (exact) mass is 571 g/mol. The number of carbonyl (C=O) groups is 2. The summed E-state index contributed by atoms with van der Waals surface area (Å²) in [6.07, 6.45) is 1.50. The van der Waals surface area contributed by atoms with E-state index in [0.29, 0.717) is 38.3 Å². The van der Waals surface area contributed by atoms with Crippen LogP contribution in [0.25, 0.3) is 10.9 Å². The van der Waals surface area contributed by atoms with E-state index in [1.807, 2.05) is 19.9 Å². The van der Waals surface area contributed by atoms with Gasteiger partial charge in [-0.3, -0.25) is 15.7 Å². The van der Waals surface area contributed by atoms with E-state index in [0.717, 1.165) is 11.1 Å². The molecule has 0 spiro atoms. The van der Waals surface area contributed by atoms with E-state index < -0.39 is 12.1 Å². The minimum Gasteiger partial charge on any atom is -0.495 e. The van der Waals surface area contributed by atoms with Crippen LogP contribution in [0, 0.1) is 0 Å². The average Bonchev–Trinajstić information content (AvgIpc) is 3.30. The Hall–Kier alpha value is -4.22. The molecule has 0 saturated carbocycles. The van der Waals surface area contributed by atoms with Crippen LogP contribution in [0.4, 0.5) is 21.2 Å². The minimum absolute atomic E-state index is 0.289. The van der Waals surface area contributed by atoms with Crippen LogP contribution in [-0.2, 0) is 0 Å². The van der Waals surface area contributed by atoms with Crippen LogP contribution < -0.4 is 30.7 Å². The number of pyridine rings is 1. The molecule has 5 N–H and O–H groups in total. The predicted molar refractivity (Wildman–Crippen MR) is 151 cm³/mol. The third kappa shape index (κ3) is 6.62. The lowest BCUT2D eigenvalue weighted by Crippen LogP contribution is -2.31. The van der Waals surface area contributed by atoms with E-state index in [9.17, 15) is 9.59 Å². The first-order valence-electron chi connectivity index (χ1n) is 11.8. The number of H-pyrrole nitrogens is 1. The molecule has 39 heavy (non-hydrogen) atoms. The van der Waals surface area contributed by atoms with Gasteiger partial charge in [-0.25, -0.2) is 14.6 Å². The number of aromatic amines is 1. The maximum atomic E-state index is 12.6. The quantitative estimate of drug-likeness (QED) is 0.174. The lowest BCUT2D eigenvalue weighted by molar-refractivity contribution is 0.248. The highest BCUT2D eigenvalue weighted by Crippen LogP contribution is 2.29. The molecule has 204 valence electrons.